The third-order valence-corrected chi connectivity index (χ3v) is 6.20. The smallest absolute Gasteiger partial charge is 0.460 e. The Morgan fingerprint density at radius 2 is 1.59 bits per heavy atom. The number of unbranched alkanes of at least 4 members (excludes halogenated alkanes) is 4. The summed E-state index contributed by atoms with van der Waals surface area (Å²) >= 11 is 0. The van der Waals surface area contributed by atoms with Crippen LogP contribution in [0.3, 0.4) is 0 Å². The molecule has 0 aromatic carbocycles. The van der Waals surface area contributed by atoms with Crippen molar-refractivity contribution in [1.82, 2.24) is 0 Å². The Morgan fingerprint density at radius 3 is 2.14 bits per heavy atom. The normalized spacial score (nSPS) is 11.4. The SMILES string of the molecule is C=CC(=O)OCCO[Si](CCCCCCC)(OCC)OCC. The summed E-state index contributed by atoms with van der Waals surface area (Å²) in [5.74, 6) is -0.441. The molecule has 0 radical (unpaired) electrons. The molecule has 0 unspecified atom stereocenters. The van der Waals surface area contributed by atoms with Crippen molar-refractivity contribution in [1.29, 1.82) is 0 Å². The van der Waals surface area contributed by atoms with Crippen molar-refractivity contribution in [2.45, 2.75) is 58.9 Å². The van der Waals surface area contributed by atoms with E-state index in [2.05, 4.69) is 13.5 Å². The Hall–Kier alpha value is -0.693. The average Bonchev–Trinajstić information content (AvgIpc) is 2.51. The van der Waals surface area contributed by atoms with Gasteiger partial charge in [-0.05, 0) is 20.3 Å². The number of rotatable bonds is 15. The Morgan fingerprint density at radius 1 is 0.955 bits per heavy atom. The minimum absolute atomic E-state index is 0.190. The molecule has 0 aromatic rings. The Labute approximate surface area is 136 Å². The van der Waals surface area contributed by atoms with Gasteiger partial charge in [0.25, 0.3) is 0 Å². The van der Waals surface area contributed by atoms with Gasteiger partial charge in [0.15, 0.2) is 0 Å². The first-order chi connectivity index (χ1) is 10.6. The second-order valence-electron chi connectivity index (χ2n) is 4.93. The van der Waals surface area contributed by atoms with E-state index < -0.39 is 14.8 Å². The number of ether oxygens (including phenoxy) is 1. The number of carbonyl (C=O) groups excluding carboxylic acids is 1. The van der Waals surface area contributed by atoms with Gasteiger partial charge in [0.05, 0.1) is 6.61 Å². The maximum absolute atomic E-state index is 11.0. The van der Waals surface area contributed by atoms with Crippen molar-refractivity contribution >= 4 is 14.8 Å². The average molecular weight is 333 g/mol. The number of esters is 1. The molecule has 0 aliphatic rings. The minimum atomic E-state index is -2.66. The fraction of sp³-hybridized carbons (Fsp3) is 0.812. The topological polar surface area (TPSA) is 54.0 Å². The molecule has 5 nitrogen and oxygen atoms in total. The second-order valence-corrected chi connectivity index (χ2v) is 7.67. The Bertz CT molecular complexity index is 290. The summed E-state index contributed by atoms with van der Waals surface area (Å²) in [4.78, 5) is 11.0. The summed E-state index contributed by atoms with van der Waals surface area (Å²) in [5.41, 5.74) is 0. The first kappa shape index (κ1) is 21.3. The predicted octanol–water partition coefficient (Wildman–Crippen LogP) is 3.71. The van der Waals surface area contributed by atoms with Crippen LogP contribution in [0.15, 0.2) is 12.7 Å². The van der Waals surface area contributed by atoms with Crippen LogP contribution >= 0.6 is 0 Å². The maximum Gasteiger partial charge on any atom is 0.501 e. The van der Waals surface area contributed by atoms with E-state index in [1.807, 2.05) is 13.8 Å². The van der Waals surface area contributed by atoms with Crippen LogP contribution in [0.4, 0.5) is 0 Å². The van der Waals surface area contributed by atoms with Crippen molar-refractivity contribution < 1.29 is 22.8 Å². The summed E-state index contributed by atoms with van der Waals surface area (Å²) in [6.07, 6.45) is 7.07. The fourth-order valence-electron chi connectivity index (χ4n) is 2.12. The Kier molecular flexibility index (Phi) is 13.5. The standard InChI is InChI=1S/C16H32O5Si/c1-5-9-10-11-12-15-22(19-7-3,20-8-4)21-14-13-18-16(17)6-2/h6H,2,5,7-15H2,1,3-4H3. The highest BCUT2D eigenvalue weighted by atomic mass is 28.4. The van der Waals surface area contributed by atoms with Crippen LogP contribution in [0.1, 0.15) is 52.9 Å². The van der Waals surface area contributed by atoms with Gasteiger partial charge in [-0.2, -0.15) is 0 Å². The maximum atomic E-state index is 11.0. The summed E-state index contributed by atoms with van der Waals surface area (Å²) < 4.78 is 22.5. The molecule has 0 aliphatic carbocycles. The minimum Gasteiger partial charge on any atom is -0.460 e. The van der Waals surface area contributed by atoms with Gasteiger partial charge in [0, 0.05) is 25.3 Å². The zero-order valence-corrected chi connectivity index (χ0v) is 15.4. The van der Waals surface area contributed by atoms with E-state index in [9.17, 15) is 4.79 Å². The molecule has 0 saturated heterocycles. The predicted molar refractivity (Wildman–Crippen MR) is 89.7 cm³/mol. The lowest BCUT2D eigenvalue weighted by atomic mass is 10.2. The van der Waals surface area contributed by atoms with Crippen molar-refractivity contribution in [3.05, 3.63) is 12.7 Å². The van der Waals surface area contributed by atoms with Gasteiger partial charge in [0.1, 0.15) is 6.61 Å². The second kappa shape index (κ2) is 13.9. The Balaban J connectivity index is 4.30. The molecule has 0 saturated carbocycles. The van der Waals surface area contributed by atoms with Gasteiger partial charge in [-0.25, -0.2) is 4.79 Å². The molecule has 0 atom stereocenters. The van der Waals surface area contributed by atoms with Crippen molar-refractivity contribution in [2.24, 2.45) is 0 Å². The van der Waals surface area contributed by atoms with Gasteiger partial charge >= 0.3 is 14.8 Å². The van der Waals surface area contributed by atoms with Gasteiger partial charge in [-0.1, -0.05) is 39.2 Å². The molecule has 130 valence electrons. The molecule has 0 fully saturated rings. The third-order valence-electron chi connectivity index (χ3n) is 3.13. The van der Waals surface area contributed by atoms with Crippen LogP contribution in [0, 0.1) is 0 Å². The van der Waals surface area contributed by atoms with E-state index in [0.29, 0.717) is 19.8 Å². The number of hydrogen-bond donors (Lipinski definition) is 0. The quantitative estimate of drug-likeness (QED) is 0.198. The lowest BCUT2D eigenvalue weighted by Crippen LogP contribution is -2.46. The molecule has 22 heavy (non-hydrogen) atoms. The van der Waals surface area contributed by atoms with E-state index in [-0.39, 0.29) is 6.61 Å². The first-order valence-electron chi connectivity index (χ1n) is 8.35. The molecule has 6 heteroatoms. The van der Waals surface area contributed by atoms with E-state index in [0.717, 1.165) is 25.0 Å². The highest BCUT2D eigenvalue weighted by Gasteiger charge is 2.39. The van der Waals surface area contributed by atoms with E-state index >= 15 is 0 Å². The summed E-state index contributed by atoms with van der Waals surface area (Å²) in [7, 11) is -2.66. The highest BCUT2D eigenvalue weighted by molar-refractivity contribution is 6.60. The molecule has 0 bridgehead atoms. The molecule has 0 amide bonds. The van der Waals surface area contributed by atoms with Crippen LogP contribution in [0.25, 0.3) is 0 Å². The van der Waals surface area contributed by atoms with E-state index in [1.165, 1.54) is 19.3 Å². The zero-order chi connectivity index (χ0) is 16.7. The zero-order valence-electron chi connectivity index (χ0n) is 14.4. The van der Waals surface area contributed by atoms with Gasteiger partial charge in [0.2, 0.25) is 0 Å². The summed E-state index contributed by atoms with van der Waals surface area (Å²) in [5, 5.41) is 0. The molecule has 0 heterocycles. The monoisotopic (exact) mass is 332 g/mol. The molecular formula is C16H32O5Si. The molecule has 0 rings (SSSR count). The van der Waals surface area contributed by atoms with Crippen LogP contribution in [-0.2, 0) is 22.8 Å². The third kappa shape index (κ3) is 10.1. The summed E-state index contributed by atoms with van der Waals surface area (Å²) in [6.45, 7) is 11.1. The largest absolute Gasteiger partial charge is 0.501 e. The van der Waals surface area contributed by atoms with E-state index in [4.69, 9.17) is 18.0 Å². The van der Waals surface area contributed by atoms with Crippen molar-refractivity contribution in [3.63, 3.8) is 0 Å². The molecule has 0 aromatic heterocycles. The van der Waals surface area contributed by atoms with Crippen molar-refractivity contribution in [3.8, 4) is 0 Å². The summed E-state index contributed by atoms with van der Waals surface area (Å²) in [6, 6.07) is 0.813. The number of carbonyl (C=O) groups is 1. The number of hydrogen-bond acceptors (Lipinski definition) is 5. The van der Waals surface area contributed by atoms with Gasteiger partial charge < -0.3 is 18.0 Å². The van der Waals surface area contributed by atoms with Crippen LogP contribution in [-0.4, -0.2) is 41.2 Å². The lowest BCUT2D eigenvalue weighted by Gasteiger charge is -2.28. The molecule has 0 aliphatic heterocycles. The van der Waals surface area contributed by atoms with Crippen LogP contribution < -0.4 is 0 Å². The lowest BCUT2D eigenvalue weighted by molar-refractivity contribution is -0.138. The van der Waals surface area contributed by atoms with Gasteiger partial charge in [-0.3, -0.25) is 0 Å². The molecule has 0 N–H and O–H groups in total. The first-order valence-corrected chi connectivity index (χ1v) is 10.3. The van der Waals surface area contributed by atoms with Crippen molar-refractivity contribution in [2.75, 3.05) is 26.4 Å². The molecule has 0 spiro atoms. The molecular weight excluding hydrogens is 300 g/mol. The van der Waals surface area contributed by atoms with Crippen LogP contribution in [0.5, 0.6) is 0 Å². The van der Waals surface area contributed by atoms with Crippen LogP contribution in [0.2, 0.25) is 6.04 Å². The highest BCUT2D eigenvalue weighted by Crippen LogP contribution is 2.20. The van der Waals surface area contributed by atoms with Gasteiger partial charge in [-0.15, -0.1) is 0 Å². The fourth-order valence-corrected chi connectivity index (χ4v) is 4.76. The van der Waals surface area contributed by atoms with E-state index in [1.54, 1.807) is 0 Å².